The Morgan fingerprint density at radius 1 is 1.00 bits per heavy atom. The molecule has 0 saturated carbocycles. The lowest BCUT2D eigenvalue weighted by molar-refractivity contribution is 0.412. The van der Waals surface area contributed by atoms with Gasteiger partial charge in [-0.2, -0.15) is 15.1 Å². The molecule has 0 aliphatic carbocycles. The van der Waals surface area contributed by atoms with Gasteiger partial charge in [0.2, 0.25) is 5.88 Å². The number of hydrogen-bond acceptors (Lipinski definition) is 6. The quantitative estimate of drug-likeness (QED) is 0.514. The Morgan fingerprint density at radius 2 is 1.89 bits per heavy atom. The van der Waals surface area contributed by atoms with Crippen LogP contribution >= 0.6 is 0 Å². The van der Waals surface area contributed by atoms with Gasteiger partial charge < -0.3 is 9.84 Å². The van der Waals surface area contributed by atoms with Gasteiger partial charge >= 0.3 is 6.01 Å². The standard InChI is InChI=1S/C21H15N5O2/c1-13-4-2-3-5-18(13)26-19-7-6-15(10-14(19)11-23-26)28-21-24-17-12-22-9-8-16(17)20(27)25-21/h2-12H,1H3,(H,24,25,27). The molecule has 5 rings (SSSR count). The second kappa shape index (κ2) is 6.31. The summed E-state index contributed by atoms with van der Waals surface area (Å²) >= 11 is 0. The summed E-state index contributed by atoms with van der Waals surface area (Å²) in [5.41, 5.74) is 3.65. The number of para-hydroxylation sites is 1. The highest BCUT2D eigenvalue weighted by Crippen LogP contribution is 2.29. The summed E-state index contributed by atoms with van der Waals surface area (Å²) in [5.74, 6) is 0.412. The van der Waals surface area contributed by atoms with Crippen LogP contribution in [0.25, 0.3) is 27.5 Å². The molecule has 3 heterocycles. The predicted octanol–water partition coefficient (Wildman–Crippen LogP) is 4.17. The van der Waals surface area contributed by atoms with Crippen LogP contribution in [0.15, 0.2) is 67.1 Å². The summed E-state index contributed by atoms with van der Waals surface area (Å²) in [5, 5.41) is 16.0. The van der Waals surface area contributed by atoms with Crippen molar-refractivity contribution in [2.24, 2.45) is 0 Å². The molecule has 0 bridgehead atoms. The monoisotopic (exact) mass is 369 g/mol. The number of aromatic hydroxyl groups is 1. The fraction of sp³-hybridized carbons (Fsp3) is 0.0476. The van der Waals surface area contributed by atoms with Crippen molar-refractivity contribution in [2.75, 3.05) is 0 Å². The molecule has 1 N–H and O–H groups in total. The van der Waals surface area contributed by atoms with Crippen molar-refractivity contribution in [3.05, 3.63) is 72.7 Å². The molecule has 136 valence electrons. The van der Waals surface area contributed by atoms with E-state index in [1.54, 1.807) is 24.7 Å². The minimum atomic E-state index is -0.143. The molecule has 3 aromatic heterocycles. The normalized spacial score (nSPS) is 11.2. The van der Waals surface area contributed by atoms with Crippen LogP contribution in [0.5, 0.6) is 17.6 Å². The summed E-state index contributed by atoms with van der Waals surface area (Å²) in [7, 11) is 0. The topological polar surface area (TPSA) is 86.0 Å². The van der Waals surface area contributed by atoms with Gasteiger partial charge in [-0.3, -0.25) is 4.98 Å². The van der Waals surface area contributed by atoms with E-state index in [0.29, 0.717) is 16.7 Å². The summed E-state index contributed by atoms with van der Waals surface area (Å²) in [6, 6.07) is 15.4. The van der Waals surface area contributed by atoms with Crippen LogP contribution in [-0.4, -0.2) is 29.8 Å². The number of benzene rings is 2. The first-order chi connectivity index (χ1) is 13.7. The minimum Gasteiger partial charge on any atom is -0.493 e. The Kier molecular flexibility index (Phi) is 3.65. The number of nitrogens with zero attached hydrogens (tertiary/aromatic N) is 5. The van der Waals surface area contributed by atoms with Crippen molar-refractivity contribution in [1.29, 1.82) is 0 Å². The van der Waals surface area contributed by atoms with Crippen molar-refractivity contribution in [1.82, 2.24) is 24.7 Å². The van der Waals surface area contributed by atoms with E-state index < -0.39 is 0 Å². The molecular formula is C21H15N5O2. The van der Waals surface area contributed by atoms with Crippen LogP contribution in [0, 0.1) is 6.92 Å². The molecule has 0 saturated heterocycles. The molecule has 28 heavy (non-hydrogen) atoms. The predicted molar refractivity (Wildman–Crippen MR) is 105 cm³/mol. The second-order valence-electron chi connectivity index (χ2n) is 6.39. The smallest absolute Gasteiger partial charge is 0.325 e. The molecule has 7 heteroatoms. The van der Waals surface area contributed by atoms with E-state index >= 15 is 0 Å². The van der Waals surface area contributed by atoms with Crippen LogP contribution in [0.1, 0.15) is 5.56 Å². The van der Waals surface area contributed by atoms with Crippen LogP contribution in [0.4, 0.5) is 0 Å². The molecule has 0 fully saturated rings. The van der Waals surface area contributed by atoms with Crippen molar-refractivity contribution in [3.8, 4) is 23.3 Å². The highest BCUT2D eigenvalue weighted by atomic mass is 16.5. The van der Waals surface area contributed by atoms with Gasteiger partial charge in [-0.05, 0) is 42.8 Å². The largest absolute Gasteiger partial charge is 0.493 e. The van der Waals surface area contributed by atoms with Crippen LogP contribution in [0.2, 0.25) is 0 Å². The van der Waals surface area contributed by atoms with Crippen molar-refractivity contribution >= 4 is 21.8 Å². The third-order valence-electron chi connectivity index (χ3n) is 4.55. The molecule has 0 spiro atoms. The Balaban J connectivity index is 1.52. The third kappa shape index (κ3) is 2.69. The van der Waals surface area contributed by atoms with Crippen molar-refractivity contribution in [3.63, 3.8) is 0 Å². The van der Waals surface area contributed by atoms with Gasteiger partial charge in [0.25, 0.3) is 0 Å². The van der Waals surface area contributed by atoms with E-state index in [4.69, 9.17) is 4.74 Å². The van der Waals surface area contributed by atoms with E-state index in [9.17, 15) is 5.11 Å². The molecule has 0 unspecified atom stereocenters. The number of rotatable bonds is 3. The van der Waals surface area contributed by atoms with Crippen LogP contribution < -0.4 is 4.74 Å². The van der Waals surface area contributed by atoms with Crippen LogP contribution in [0.3, 0.4) is 0 Å². The zero-order valence-corrected chi connectivity index (χ0v) is 14.9. The maximum atomic E-state index is 10.1. The fourth-order valence-electron chi connectivity index (χ4n) is 3.16. The fourth-order valence-corrected chi connectivity index (χ4v) is 3.16. The first-order valence-corrected chi connectivity index (χ1v) is 8.71. The van der Waals surface area contributed by atoms with Crippen LogP contribution in [-0.2, 0) is 0 Å². The summed E-state index contributed by atoms with van der Waals surface area (Å²) < 4.78 is 7.67. The highest BCUT2D eigenvalue weighted by Gasteiger charge is 2.11. The van der Waals surface area contributed by atoms with Gasteiger partial charge in [-0.1, -0.05) is 18.2 Å². The Labute approximate surface area is 159 Å². The first kappa shape index (κ1) is 16.2. The van der Waals surface area contributed by atoms with Gasteiger partial charge in [0.15, 0.2) is 0 Å². The van der Waals surface area contributed by atoms with Gasteiger partial charge in [-0.25, -0.2) is 4.68 Å². The number of pyridine rings is 1. The van der Waals surface area contributed by atoms with Gasteiger partial charge in [-0.15, -0.1) is 0 Å². The van der Waals surface area contributed by atoms with Gasteiger partial charge in [0.1, 0.15) is 5.75 Å². The van der Waals surface area contributed by atoms with E-state index in [1.807, 2.05) is 41.1 Å². The van der Waals surface area contributed by atoms with Gasteiger partial charge in [0.05, 0.1) is 34.5 Å². The molecule has 0 radical (unpaired) electrons. The number of aryl methyl sites for hydroxylation is 1. The summed E-state index contributed by atoms with van der Waals surface area (Å²) in [4.78, 5) is 12.3. The zero-order valence-electron chi connectivity index (χ0n) is 14.9. The SMILES string of the molecule is Cc1ccccc1-n1ncc2cc(Oc3nc(O)c4ccncc4n3)ccc21. The third-order valence-corrected chi connectivity index (χ3v) is 4.55. The zero-order chi connectivity index (χ0) is 19.1. The van der Waals surface area contributed by atoms with Gasteiger partial charge in [0, 0.05) is 11.6 Å². The average molecular weight is 369 g/mol. The van der Waals surface area contributed by atoms with E-state index in [-0.39, 0.29) is 11.9 Å². The average Bonchev–Trinajstić information content (AvgIpc) is 3.11. The van der Waals surface area contributed by atoms with Crippen molar-refractivity contribution < 1.29 is 9.84 Å². The second-order valence-corrected chi connectivity index (χ2v) is 6.39. The lowest BCUT2D eigenvalue weighted by atomic mass is 10.2. The summed E-state index contributed by atoms with van der Waals surface area (Å²) in [6.45, 7) is 2.05. The lowest BCUT2D eigenvalue weighted by Gasteiger charge is -2.08. The maximum Gasteiger partial charge on any atom is 0.325 e. The lowest BCUT2D eigenvalue weighted by Crippen LogP contribution is -1.98. The molecule has 5 aromatic rings. The molecule has 7 nitrogen and oxygen atoms in total. The number of hydrogen-bond donors (Lipinski definition) is 1. The van der Waals surface area contributed by atoms with E-state index in [2.05, 4.69) is 33.0 Å². The van der Waals surface area contributed by atoms with Crippen molar-refractivity contribution in [2.45, 2.75) is 6.92 Å². The minimum absolute atomic E-state index is 0.0589. The molecular weight excluding hydrogens is 354 g/mol. The van der Waals surface area contributed by atoms with E-state index in [0.717, 1.165) is 22.2 Å². The Bertz CT molecular complexity index is 1330. The number of fused-ring (bicyclic) bond motifs is 2. The first-order valence-electron chi connectivity index (χ1n) is 8.71. The highest BCUT2D eigenvalue weighted by molar-refractivity contribution is 5.83. The number of ether oxygens (including phenoxy) is 1. The number of aromatic nitrogens is 5. The molecule has 2 aromatic carbocycles. The molecule has 0 atom stereocenters. The Morgan fingerprint density at radius 3 is 2.79 bits per heavy atom. The molecule has 0 amide bonds. The maximum absolute atomic E-state index is 10.1. The molecule has 0 aliphatic heterocycles. The summed E-state index contributed by atoms with van der Waals surface area (Å²) in [6.07, 6.45) is 4.92. The molecule has 0 aliphatic rings. The Hall–Kier alpha value is -4.00. The van der Waals surface area contributed by atoms with E-state index in [1.165, 1.54) is 0 Å².